The third kappa shape index (κ3) is 7.69. The van der Waals surface area contributed by atoms with Crippen LogP contribution >= 0.6 is 15.9 Å². The molecule has 0 aromatic heterocycles. The number of rotatable bonds is 10. The number of nitrogens with zero attached hydrogens (tertiary/aromatic N) is 2. The predicted octanol–water partition coefficient (Wildman–Crippen LogP) is 4.18. The number of halogens is 1. The lowest BCUT2D eigenvalue weighted by Gasteiger charge is -2.17. The Morgan fingerprint density at radius 1 is 0.882 bits per heavy atom. The van der Waals surface area contributed by atoms with Crippen molar-refractivity contribution in [3.63, 3.8) is 0 Å². The first-order valence-electron chi connectivity index (χ1n) is 7.01. The van der Waals surface area contributed by atoms with E-state index in [-0.39, 0.29) is 0 Å². The van der Waals surface area contributed by atoms with Crippen molar-refractivity contribution in [1.29, 1.82) is 0 Å². The maximum Gasteiger partial charge on any atom is 0.0890 e. The zero-order valence-electron chi connectivity index (χ0n) is 11.2. The van der Waals surface area contributed by atoms with E-state index in [1.54, 1.807) is 0 Å². The first-order valence-corrected chi connectivity index (χ1v) is 8.13. The number of unbranched alkanes of at least 4 members (excludes halogenated alkanes) is 7. The van der Waals surface area contributed by atoms with E-state index in [2.05, 4.69) is 45.2 Å². The lowest BCUT2D eigenvalue weighted by atomic mass is 10.1. The Morgan fingerprint density at radius 3 is 2.00 bits per heavy atom. The smallest absolute Gasteiger partial charge is 0.0890 e. The average molecular weight is 303 g/mol. The van der Waals surface area contributed by atoms with Gasteiger partial charge in [0.15, 0.2) is 0 Å². The van der Waals surface area contributed by atoms with Gasteiger partial charge in [-0.25, -0.2) is 0 Å². The van der Waals surface area contributed by atoms with Gasteiger partial charge in [-0.3, -0.25) is 0 Å². The van der Waals surface area contributed by atoms with E-state index < -0.39 is 0 Å². The molecule has 1 heterocycles. The summed E-state index contributed by atoms with van der Waals surface area (Å²) in [7, 11) is 2.13. The van der Waals surface area contributed by atoms with Gasteiger partial charge in [0.25, 0.3) is 0 Å². The molecule has 0 saturated carbocycles. The summed E-state index contributed by atoms with van der Waals surface area (Å²) in [5.74, 6) is 0. The highest BCUT2D eigenvalue weighted by atomic mass is 79.9. The van der Waals surface area contributed by atoms with E-state index in [1.807, 2.05) is 0 Å². The Hall–Kier alpha value is -0.180. The van der Waals surface area contributed by atoms with Gasteiger partial charge in [0.1, 0.15) is 0 Å². The molecule has 0 radical (unpaired) electrons. The zero-order chi connectivity index (χ0) is 12.3. The molecule has 0 saturated heterocycles. The maximum atomic E-state index is 3.48. The fourth-order valence-electron chi connectivity index (χ4n) is 2.20. The van der Waals surface area contributed by atoms with Gasteiger partial charge in [-0.1, -0.05) is 54.5 Å². The van der Waals surface area contributed by atoms with Crippen LogP contribution in [0.1, 0.15) is 51.4 Å². The molecule has 2 nitrogen and oxygen atoms in total. The van der Waals surface area contributed by atoms with Crippen LogP contribution in [0.5, 0.6) is 0 Å². The van der Waals surface area contributed by atoms with Crippen LogP contribution in [-0.2, 0) is 0 Å². The van der Waals surface area contributed by atoms with E-state index >= 15 is 0 Å². The van der Waals surface area contributed by atoms with Crippen molar-refractivity contribution in [3.05, 3.63) is 12.4 Å². The highest BCUT2D eigenvalue weighted by Crippen LogP contribution is 2.11. The molecule has 0 spiro atoms. The Morgan fingerprint density at radius 2 is 1.47 bits per heavy atom. The van der Waals surface area contributed by atoms with Crippen LogP contribution in [0, 0.1) is 0 Å². The van der Waals surface area contributed by atoms with Crippen molar-refractivity contribution < 1.29 is 0 Å². The normalized spacial score (nSPS) is 14.9. The minimum absolute atomic E-state index is 1.08. The quantitative estimate of drug-likeness (QED) is 0.441. The third-order valence-corrected chi connectivity index (χ3v) is 3.83. The predicted molar refractivity (Wildman–Crippen MR) is 79.2 cm³/mol. The second-order valence-electron chi connectivity index (χ2n) is 5.03. The molecular weight excluding hydrogens is 276 g/mol. The molecule has 100 valence electrons. The van der Waals surface area contributed by atoms with E-state index in [0.717, 1.165) is 6.67 Å². The molecule has 0 bridgehead atoms. The van der Waals surface area contributed by atoms with E-state index in [0.29, 0.717) is 0 Å². The lowest BCUT2D eigenvalue weighted by Crippen LogP contribution is -2.23. The molecule has 0 aliphatic carbocycles. The molecule has 0 fully saturated rings. The van der Waals surface area contributed by atoms with Crippen molar-refractivity contribution in [3.8, 4) is 0 Å². The van der Waals surface area contributed by atoms with Crippen LogP contribution in [0.25, 0.3) is 0 Å². The highest BCUT2D eigenvalue weighted by Gasteiger charge is 2.06. The highest BCUT2D eigenvalue weighted by molar-refractivity contribution is 9.09. The number of hydrogen-bond donors (Lipinski definition) is 0. The third-order valence-electron chi connectivity index (χ3n) is 3.27. The standard InChI is InChI=1S/C14H27BrN2/c1-16-12-13-17(14-16)11-9-7-5-3-2-4-6-8-10-15/h12-13H,2-11,14H2,1H3. The molecule has 0 aromatic rings. The minimum Gasteiger partial charge on any atom is -0.362 e. The van der Waals surface area contributed by atoms with Crippen molar-refractivity contribution in [2.75, 3.05) is 25.6 Å². The van der Waals surface area contributed by atoms with Gasteiger partial charge in [0.2, 0.25) is 0 Å². The summed E-state index contributed by atoms with van der Waals surface area (Å²) in [5, 5.41) is 1.17. The van der Waals surface area contributed by atoms with Crippen LogP contribution in [-0.4, -0.2) is 35.4 Å². The van der Waals surface area contributed by atoms with Crippen LogP contribution < -0.4 is 0 Å². The lowest BCUT2D eigenvalue weighted by molar-refractivity contribution is 0.290. The second-order valence-corrected chi connectivity index (χ2v) is 5.82. The molecule has 3 heteroatoms. The molecule has 17 heavy (non-hydrogen) atoms. The van der Waals surface area contributed by atoms with Crippen molar-refractivity contribution in [2.45, 2.75) is 51.4 Å². The van der Waals surface area contributed by atoms with Crippen molar-refractivity contribution in [2.24, 2.45) is 0 Å². The minimum atomic E-state index is 1.08. The molecule has 0 amide bonds. The Bertz CT molecular complexity index is 206. The second kappa shape index (κ2) is 9.81. The Balaban J connectivity index is 1.77. The first-order chi connectivity index (χ1) is 8.33. The molecule has 0 N–H and O–H groups in total. The van der Waals surface area contributed by atoms with E-state index in [4.69, 9.17) is 0 Å². The van der Waals surface area contributed by atoms with Crippen molar-refractivity contribution in [1.82, 2.24) is 9.80 Å². The summed E-state index contributed by atoms with van der Waals surface area (Å²) in [4.78, 5) is 4.62. The van der Waals surface area contributed by atoms with Gasteiger partial charge in [-0.15, -0.1) is 0 Å². The summed E-state index contributed by atoms with van der Waals surface area (Å²) < 4.78 is 0. The SMILES string of the molecule is CN1C=CN(CCCCCCCCCCBr)C1. The molecule has 1 aliphatic rings. The van der Waals surface area contributed by atoms with Gasteiger partial charge in [0, 0.05) is 31.3 Å². The van der Waals surface area contributed by atoms with Crippen LogP contribution in [0.4, 0.5) is 0 Å². The molecule has 0 unspecified atom stereocenters. The summed E-state index contributed by atoms with van der Waals surface area (Å²) in [6.07, 6.45) is 15.5. The van der Waals surface area contributed by atoms with Gasteiger partial charge in [0.05, 0.1) is 6.67 Å². The number of hydrogen-bond acceptors (Lipinski definition) is 2. The molecule has 0 atom stereocenters. The van der Waals surface area contributed by atoms with Gasteiger partial charge in [-0.05, 0) is 12.8 Å². The van der Waals surface area contributed by atoms with Gasteiger partial charge in [-0.2, -0.15) is 0 Å². The first kappa shape index (κ1) is 14.9. The zero-order valence-corrected chi connectivity index (χ0v) is 12.8. The summed E-state index contributed by atoms with van der Waals surface area (Å²) in [6, 6.07) is 0. The molecule has 1 rings (SSSR count). The monoisotopic (exact) mass is 302 g/mol. The van der Waals surface area contributed by atoms with Crippen LogP contribution in [0.15, 0.2) is 12.4 Å². The summed E-state index contributed by atoms with van der Waals surface area (Å²) in [6.45, 7) is 2.30. The topological polar surface area (TPSA) is 6.48 Å². The Kier molecular flexibility index (Phi) is 8.59. The summed E-state index contributed by atoms with van der Waals surface area (Å²) in [5.41, 5.74) is 0. The van der Waals surface area contributed by atoms with E-state index in [1.165, 1.54) is 63.2 Å². The van der Waals surface area contributed by atoms with Gasteiger partial charge >= 0.3 is 0 Å². The fraction of sp³-hybridized carbons (Fsp3) is 0.857. The van der Waals surface area contributed by atoms with E-state index in [9.17, 15) is 0 Å². The fourth-order valence-corrected chi connectivity index (χ4v) is 2.60. The molecular formula is C14H27BrN2. The maximum absolute atomic E-state index is 3.48. The average Bonchev–Trinajstić information content (AvgIpc) is 2.73. The number of alkyl halides is 1. The van der Waals surface area contributed by atoms with Crippen molar-refractivity contribution >= 4 is 15.9 Å². The molecule has 0 aromatic carbocycles. The Labute approximate surface area is 115 Å². The largest absolute Gasteiger partial charge is 0.362 e. The van der Waals surface area contributed by atoms with Crippen LogP contribution in [0.2, 0.25) is 0 Å². The summed E-state index contributed by atoms with van der Waals surface area (Å²) >= 11 is 3.48. The van der Waals surface area contributed by atoms with Crippen LogP contribution in [0.3, 0.4) is 0 Å². The van der Waals surface area contributed by atoms with Gasteiger partial charge < -0.3 is 9.80 Å². The molecule has 1 aliphatic heterocycles.